The zero-order valence-corrected chi connectivity index (χ0v) is 12.3. The van der Waals surface area contributed by atoms with Gasteiger partial charge in [0.2, 0.25) is 0 Å². The van der Waals surface area contributed by atoms with Gasteiger partial charge in [-0.05, 0) is 44.3 Å². The Kier molecular flexibility index (Phi) is 4.94. The van der Waals surface area contributed by atoms with Crippen LogP contribution in [0.5, 0.6) is 0 Å². The molecule has 0 fully saturated rings. The summed E-state index contributed by atoms with van der Waals surface area (Å²) in [7, 11) is 0. The van der Waals surface area contributed by atoms with Crippen LogP contribution in [0.4, 0.5) is 0 Å². The number of hydrogen-bond donors (Lipinski definition) is 2. The number of halogens is 2. The number of nitrogens with one attached hydrogen (secondary N) is 1. The van der Waals surface area contributed by atoms with Crippen molar-refractivity contribution in [2.75, 3.05) is 0 Å². The van der Waals surface area contributed by atoms with Gasteiger partial charge in [-0.2, -0.15) is 0 Å². The highest BCUT2D eigenvalue weighted by molar-refractivity contribution is 9.13. The number of amides is 1. The van der Waals surface area contributed by atoms with Crippen LogP contribution >= 0.6 is 43.2 Å². The lowest BCUT2D eigenvalue weighted by Crippen LogP contribution is -2.39. The molecular weight excluding hydrogens is 362 g/mol. The smallest absolute Gasteiger partial charge is 0.326 e. The van der Waals surface area contributed by atoms with Crippen LogP contribution in [0.1, 0.15) is 23.0 Å². The van der Waals surface area contributed by atoms with E-state index in [0.717, 1.165) is 8.26 Å². The quantitative estimate of drug-likeness (QED) is 0.856. The number of carboxylic acids is 1. The lowest BCUT2D eigenvalue weighted by atomic mass is 10.2. The predicted octanol–water partition coefficient (Wildman–Crippen LogP) is 2.87. The molecule has 0 aliphatic heterocycles. The van der Waals surface area contributed by atoms with E-state index in [1.165, 1.54) is 11.3 Å². The SMILES string of the molecule is CCC(NC(=O)c1cc(Br)c(Br)s1)C(=O)O. The molecule has 16 heavy (non-hydrogen) atoms. The van der Waals surface area contributed by atoms with Crippen molar-refractivity contribution >= 4 is 55.1 Å². The Bertz CT molecular complexity index is 399. The summed E-state index contributed by atoms with van der Waals surface area (Å²) >= 11 is 7.79. The van der Waals surface area contributed by atoms with Gasteiger partial charge in [-0.1, -0.05) is 6.92 Å². The second kappa shape index (κ2) is 5.79. The van der Waals surface area contributed by atoms with Crippen molar-refractivity contribution in [1.82, 2.24) is 5.32 Å². The molecule has 0 saturated carbocycles. The standard InChI is InChI=1S/C9H9Br2NO3S/c1-2-5(9(14)15)12-8(13)6-3-4(10)7(11)16-6/h3,5H,2H2,1H3,(H,12,13)(H,14,15). The summed E-state index contributed by atoms with van der Waals surface area (Å²) in [6.45, 7) is 1.71. The van der Waals surface area contributed by atoms with Crippen LogP contribution in [0.25, 0.3) is 0 Å². The second-order valence-electron chi connectivity index (χ2n) is 3.00. The Labute approximate surface area is 113 Å². The van der Waals surface area contributed by atoms with E-state index in [0.29, 0.717) is 11.3 Å². The van der Waals surface area contributed by atoms with Gasteiger partial charge in [0.15, 0.2) is 0 Å². The summed E-state index contributed by atoms with van der Waals surface area (Å²) in [4.78, 5) is 22.9. The summed E-state index contributed by atoms with van der Waals surface area (Å²) in [6, 6.07) is 0.811. The normalized spacial score (nSPS) is 12.2. The predicted molar refractivity (Wildman–Crippen MR) is 68.9 cm³/mol. The molecule has 88 valence electrons. The van der Waals surface area contributed by atoms with E-state index in [9.17, 15) is 9.59 Å². The van der Waals surface area contributed by atoms with Crippen molar-refractivity contribution in [3.63, 3.8) is 0 Å². The minimum absolute atomic E-state index is 0.356. The van der Waals surface area contributed by atoms with Crippen LogP contribution < -0.4 is 5.32 Å². The van der Waals surface area contributed by atoms with E-state index in [4.69, 9.17) is 5.11 Å². The molecule has 0 spiro atoms. The van der Waals surface area contributed by atoms with Crippen LogP contribution in [0.3, 0.4) is 0 Å². The summed E-state index contributed by atoms with van der Waals surface area (Å²) in [5.74, 6) is -1.39. The zero-order chi connectivity index (χ0) is 12.3. The average molecular weight is 371 g/mol. The molecule has 4 nitrogen and oxygen atoms in total. The van der Waals surface area contributed by atoms with Gasteiger partial charge in [-0.3, -0.25) is 4.79 Å². The van der Waals surface area contributed by atoms with Crippen LogP contribution in [0, 0.1) is 0 Å². The molecule has 0 bridgehead atoms. The topological polar surface area (TPSA) is 66.4 Å². The fraction of sp³-hybridized carbons (Fsp3) is 0.333. The minimum atomic E-state index is -1.02. The Hall–Kier alpha value is -0.400. The van der Waals surface area contributed by atoms with E-state index in [-0.39, 0.29) is 5.91 Å². The maximum Gasteiger partial charge on any atom is 0.326 e. The van der Waals surface area contributed by atoms with Gasteiger partial charge < -0.3 is 10.4 Å². The number of thiophene rings is 1. The first kappa shape index (κ1) is 13.7. The molecule has 1 heterocycles. The van der Waals surface area contributed by atoms with E-state index in [1.54, 1.807) is 13.0 Å². The number of hydrogen-bond acceptors (Lipinski definition) is 3. The molecule has 0 radical (unpaired) electrons. The number of carbonyl (C=O) groups excluding carboxylic acids is 1. The zero-order valence-electron chi connectivity index (χ0n) is 8.29. The molecule has 1 aromatic rings. The Balaban J connectivity index is 2.75. The fourth-order valence-electron chi connectivity index (χ4n) is 1.03. The molecule has 0 aliphatic carbocycles. The molecule has 1 unspecified atom stereocenters. The molecule has 0 saturated heterocycles. The van der Waals surface area contributed by atoms with Crippen molar-refractivity contribution < 1.29 is 14.7 Å². The van der Waals surface area contributed by atoms with Crippen LogP contribution in [0.15, 0.2) is 14.3 Å². The monoisotopic (exact) mass is 369 g/mol. The third-order valence-electron chi connectivity index (χ3n) is 1.88. The van der Waals surface area contributed by atoms with Gasteiger partial charge in [0.25, 0.3) is 5.91 Å². The molecule has 1 aromatic heterocycles. The van der Waals surface area contributed by atoms with Crippen molar-refractivity contribution in [2.45, 2.75) is 19.4 Å². The largest absolute Gasteiger partial charge is 0.480 e. The van der Waals surface area contributed by atoms with Crippen LogP contribution in [-0.2, 0) is 4.79 Å². The second-order valence-corrected chi connectivity index (χ2v) is 6.23. The van der Waals surface area contributed by atoms with Crippen molar-refractivity contribution in [3.05, 3.63) is 19.2 Å². The van der Waals surface area contributed by atoms with Gasteiger partial charge in [-0.25, -0.2) is 4.79 Å². The highest BCUT2D eigenvalue weighted by Crippen LogP contribution is 2.32. The highest BCUT2D eigenvalue weighted by Gasteiger charge is 2.20. The molecule has 1 atom stereocenters. The molecule has 1 amide bonds. The summed E-state index contributed by atoms with van der Waals surface area (Å²) in [5.41, 5.74) is 0. The van der Waals surface area contributed by atoms with Crippen LogP contribution in [-0.4, -0.2) is 23.0 Å². The molecule has 0 aromatic carbocycles. The third kappa shape index (κ3) is 3.29. The van der Waals surface area contributed by atoms with Crippen molar-refractivity contribution in [2.24, 2.45) is 0 Å². The lowest BCUT2D eigenvalue weighted by Gasteiger charge is -2.10. The van der Waals surface area contributed by atoms with E-state index < -0.39 is 12.0 Å². The number of aliphatic carboxylic acids is 1. The first-order valence-corrected chi connectivity index (χ1v) is 6.84. The Morgan fingerprint density at radius 3 is 2.56 bits per heavy atom. The highest BCUT2D eigenvalue weighted by atomic mass is 79.9. The fourth-order valence-corrected chi connectivity index (χ4v) is 2.97. The first-order valence-electron chi connectivity index (χ1n) is 4.44. The van der Waals surface area contributed by atoms with E-state index >= 15 is 0 Å². The number of carboxylic acid groups (broad SMARTS) is 1. The molecule has 7 heteroatoms. The van der Waals surface area contributed by atoms with E-state index in [1.807, 2.05) is 0 Å². The maximum atomic E-state index is 11.7. The van der Waals surface area contributed by atoms with Gasteiger partial charge in [-0.15, -0.1) is 11.3 Å². The average Bonchev–Trinajstić information content (AvgIpc) is 2.55. The van der Waals surface area contributed by atoms with Crippen molar-refractivity contribution in [1.29, 1.82) is 0 Å². The van der Waals surface area contributed by atoms with Gasteiger partial charge >= 0.3 is 5.97 Å². The Morgan fingerprint density at radius 2 is 2.19 bits per heavy atom. The third-order valence-corrected chi connectivity index (χ3v) is 5.14. The molecular formula is C9H9Br2NO3S. The lowest BCUT2D eigenvalue weighted by molar-refractivity contribution is -0.139. The van der Waals surface area contributed by atoms with Gasteiger partial charge in [0.1, 0.15) is 6.04 Å². The number of rotatable bonds is 4. The van der Waals surface area contributed by atoms with Gasteiger partial charge in [0.05, 0.1) is 8.66 Å². The van der Waals surface area contributed by atoms with E-state index in [2.05, 4.69) is 37.2 Å². The minimum Gasteiger partial charge on any atom is -0.480 e. The van der Waals surface area contributed by atoms with Crippen LogP contribution in [0.2, 0.25) is 0 Å². The maximum absolute atomic E-state index is 11.7. The Morgan fingerprint density at radius 1 is 1.56 bits per heavy atom. The number of carbonyl (C=O) groups is 2. The van der Waals surface area contributed by atoms with Crippen molar-refractivity contribution in [3.8, 4) is 0 Å². The summed E-state index contributed by atoms with van der Waals surface area (Å²) < 4.78 is 1.59. The van der Waals surface area contributed by atoms with Gasteiger partial charge in [0, 0.05) is 4.47 Å². The molecule has 0 aliphatic rings. The summed E-state index contributed by atoms with van der Waals surface area (Å²) in [6.07, 6.45) is 0.356. The summed E-state index contributed by atoms with van der Waals surface area (Å²) in [5, 5.41) is 11.3. The first-order chi connectivity index (χ1) is 7.45. The molecule has 2 N–H and O–H groups in total. The molecule has 1 rings (SSSR count).